The van der Waals surface area contributed by atoms with Gasteiger partial charge < -0.3 is 9.84 Å². The Kier molecular flexibility index (Phi) is 3.06. The maximum absolute atomic E-state index is 11.1. The van der Waals surface area contributed by atoms with Crippen LogP contribution >= 0.6 is 15.9 Å². The van der Waals surface area contributed by atoms with Crippen molar-refractivity contribution in [2.24, 2.45) is 0 Å². The summed E-state index contributed by atoms with van der Waals surface area (Å²) in [4.78, 5) is 11.1. The molecule has 4 heteroatoms. The predicted molar refractivity (Wildman–Crippen MR) is 51.3 cm³/mol. The Balaban J connectivity index is 3.00. The second-order valence-electron chi connectivity index (χ2n) is 2.48. The first-order valence-corrected chi connectivity index (χ1v) is 4.43. The monoisotopic (exact) mass is 244 g/mol. The number of methoxy groups -OCH3 is 1. The molecule has 1 aromatic rings. The molecular weight excluding hydrogens is 236 g/mol. The van der Waals surface area contributed by atoms with Gasteiger partial charge in [-0.25, -0.2) is 4.79 Å². The summed E-state index contributed by atoms with van der Waals surface area (Å²) in [5.74, 6) is -0.737. The van der Waals surface area contributed by atoms with E-state index in [9.17, 15) is 9.90 Å². The Hall–Kier alpha value is -0.870. The maximum Gasteiger partial charge on any atom is 0.354 e. The van der Waals surface area contributed by atoms with Crippen molar-refractivity contribution in [3.63, 3.8) is 0 Å². The van der Waals surface area contributed by atoms with E-state index in [1.807, 2.05) is 0 Å². The first-order chi connectivity index (χ1) is 6.09. The van der Waals surface area contributed by atoms with Gasteiger partial charge in [0.15, 0.2) is 0 Å². The Morgan fingerprint density at radius 1 is 1.46 bits per heavy atom. The van der Waals surface area contributed by atoms with Gasteiger partial charge in [0, 0.05) is 5.56 Å². The van der Waals surface area contributed by atoms with Gasteiger partial charge in [0.1, 0.15) is 0 Å². The lowest BCUT2D eigenvalue weighted by Crippen LogP contribution is -2.29. The number of aliphatic hydroxyl groups is 1. The van der Waals surface area contributed by atoms with E-state index in [0.717, 1.165) is 0 Å². The zero-order chi connectivity index (χ0) is 9.90. The lowest BCUT2D eigenvalue weighted by Gasteiger charge is -2.17. The molecule has 0 aliphatic carbocycles. The number of ether oxygens (including phenoxy) is 1. The van der Waals surface area contributed by atoms with Crippen LogP contribution in [0.2, 0.25) is 0 Å². The van der Waals surface area contributed by atoms with Gasteiger partial charge in [-0.15, -0.1) is 0 Å². The number of benzene rings is 1. The van der Waals surface area contributed by atoms with E-state index in [2.05, 4.69) is 20.7 Å². The second kappa shape index (κ2) is 3.89. The summed E-state index contributed by atoms with van der Waals surface area (Å²) in [6.45, 7) is 0. The predicted octanol–water partition coefficient (Wildman–Crippen LogP) is 1.40. The van der Waals surface area contributed by atoms with Crippen LogP contribution in [0.15, 0.2) is 30.3 Å². The Bertz CT molecular complexity index is 295. The van der Waals surface area contributed by atoms with Crippen molar-refractivity contribution in [2.45, 2.75) is 4.51 Å². The van der Waals surface area contributed by atoms with Crippen molar-refractivity contribution in [3.8, 4) is 0 Å². The fraction of sp³-hybridized carbons (Fsp3) is 0.222. The zero-order valence-corrected chi connectivity index (χ0v) is 8.61. The highest BCUT2D eigenvalue weighted by Gasteiger charge is 2.35. The summed E-state index contributed by atoms with van der Waals surface area (Å²) < 4.78 is 2.69. The molecule has 0 fully saturated rings. The summed E-state index contributed by atoms with van der Waals surface area (Å²) in [6.07, 6.45) is 0. The molecule has 0 heterocycles. The molecule has 0 aliphatic rings. The smallest absolute Gasteiger partial charge is 0.354 e. The van der Waals surface area contributed by atoms with Crippen LogP contribution in [0.4, 0.5) is 0 Å². The van der Waals surface area contributed by atoms with Gasteiger partial charge in [0.2, 0.25) is 4.51 Å². The number of carbonyl (C=O) groups is 1. The van der Waals surface area contributed by atoms with Crippen LogP contribution in [0.1, 0.15) is 5.56 Å². The highest BCUT2D eigenvalue weighted by atomic mass is 79.9. The number of hydrogen-bond donors (Lipinski definition) is 1. The van der Waals surface area contributed by atoms with Crippen molar-refractivity contribution >= 4 is 21.9 Å². The average Bonchev–Trinajstić information content (AvgIpc) is 2.18. The van der Waals surface area contributed by atoms with Gasteiger partial charge in [-0.2, -0.15) is 0 Å². The maximum atomic E-state index is 11.1. The molecule has 1 N–H and O–H groups in total. The topological polar surface area (TPSA) is 46.5 Å². The third-order valence-corrected chi connectivity index (χ3v) is 2.39. The van der Waals surface area contributed by atoms with Crippen molar-refractivity contribution in [3.05, 3.63) is 35.9 Å². The second-order valence-corrected chi connectivity index (χ2v) is 3.63. The van der Waals surface area contributed by atoms with E-state index in [4.69, 9.17) is 0 Å². The molecule has 3 nitrogen and oxygen atoms in total. The molecule has 0 radical (unpaired) electrons. The van der Waals surface area contributed by atoms with E-state index in [0.29, 0.717) is 5.56 Å². The average molecular weight is 245 g/mol. The summed E-state index contributed by atoms with van der Waals surface area (Å²) in [5, 5.41) is 9.70. The molecular formula is C9H9BrO3. The summed E-state index contributed by atoms with van der Waals surface area (Å²) in [6, 6.07) is 8.51. The van der Waals surface area contributed by atoms with Crippen LogP contribution in [-0.2, 0) is 14.0 Å². The van der Waals surface area contributed by atoms with E-state index in [-0.39, 0.29) is 0 Å². The summed E-state index contributed by atoms with van der Waals surface area (Å²) >= 11 is 2.90. The van der Waals surface area contributed by atoms with Crippen LogP contribution in [-0.4, -0.2) is 18.2 Å². The Morgan fingerprint density at radius 2 is 2.00 bits per heavy atom. The van der Waals surface area contributed by atoms with E-state index < -0.39 is 10.5 Å². The quantitative estimate of drug-likeness (QED) is 0.632. The molecule has 1 unspecified atom stereocenters. The van der Waals surface area contributed by atoms with Gasteiger partial charge >= 0.3 is 5.97 Å². The van der Waals surface area contributed by atoms with Gasteiger partial charge in [-0.05, 0) is 15.9 Å². The van der Waals surface area contributed by atoms with Gasteiger partial charge in [0.25, 0.3) is 0 Å². The highest BCUT2D eigenvalue weighted by Crippen LogP contribution is 2.28. The fourth-order valence-electron chi connectivity index (χ4n) is 0.912. The van der Waals surface area contributed by atoms with E-state index >= 15 is 0 Å². The molecule has 1 aromatic carbocycles. The molecule has 1 rings (SSSR count). The first kappa shape index (κ1) is 10.2. The molecule has 13 heavy (non-hydrogen) atoms. The van der Waals surface area contributed by atoms with Gasteiger partial charge in [-0.1, -0.05) is 30.3 Å². The molecule has 0 saturated heterocycles. The molecule has 0 spiro atoms. The third kappa shape index (κ3) is 2.08. The van der Waals surface area contributed by atoms with Crippen molar-refractivity contribution < 1.29 is 14.6 Å². The Labute approximate surface area is 84.5 Å². The lowest BCUT2D eigenvalue weighted by atomic mass is 10.1. The number of halogens is 1. The molecule has 0 aliphatic heterocycles. The van der Waals surface area contributed by atoms with Crippen LogP contribution in [0, 0.1) is 0 Å². The van der Waals surface area contributed by atoms with Gasteiger partial charge in [0.05, 0.1) is 7.11 Å². The molecule has 70 valence electrons. The normalized spacial score (nSPS) is 14.7. The van der Waals surface area contributed by atoms with Crippen LogP contribution in [0.25, 0.3) is 0 Å². The molecule has 0 amide bonds. The fourth-order valence-corrected chi connectivity index (χ4v) is 1.34. The highest BCUT2D eigenvalue weighted by molar-refractivity contribution is 9.10. The Morgan fingerprint density at radius 3 is 2.46 bits per heavy atom. The number of alkyl halides is 1. The molecule has 0 bridgehead atoms. The van der Waals surface area contributed by atoms with Crippen LogP contribution < -0.4 is 0 Å². The first-order valence-electron chi connectivity index (χ1n) is 3.64. The lowest BCUT2D eigenvalue weighted by molar-refractivity contribution is -0.153. The minimum atomic E-state index is -1.75. The minimum absolute atomic E-state index is 0.446. The number of esters is 1. The molecule has 0 saturated carbocycles. The number of hydrogen-bond acceptors (Lipinski definition) is 3. The zero-order valence-electron chi connectivity index (χ0n) is 7.03. The minimum Gasteiger partial charge on any atom is -0.466 e. The number of carbonyl (C=O) groups excluding carboxylic acids is 1. The molecule has 0 aromatic heterocycles. The van der Waals surface area contributed by atoms with Gasteiger partial charge in [-0.3, -0.25) is 0 Å². The largest absolute Gasteiger partial charge is 0.466 e. The van der Waals surface area contributed by atoms with Crippen LogP contribution in [0.3, 0.4) is 0 Å². The third-order valence-electron chi connectivity index (χ3n) is 1.61. The van der Waals surface area contributed by atoms with E-state index in [1.165, 1.54) is 7.11 Å². The van der Waals surface area contributed by atoms with Crippen molar-refractivity contribution in [1.29, 1.82) is 0 Å². The van der Waals surface area contributed by atoms with E-state index in [1.54, 1.807) is 30.3 Å². The van der Waals surface area contributed by atoms with Crippen molar-refractivity contribution in [1.82, 2.24) is 0 Å². The standard InChI is InChI=1S/C9H9BrO3/c1-13-8(11)9(10,12)7-5-3-2-4-6-7/h2-6,12H,1H3. The van der Waals surface area contributed by atoms with Crippen LogP contribution in [0.5, 0.6) is 0 Å². The molecule has 1 atom stereocenters. The summed E-state index contributed by atoms with van der Waals surface area (Å²) in [7, 11) is 1.22. The van der Waals surface area contributed by atoms with Crippen molar-refractivity contribution in [2.75, 3.05) is 7.11 Å². The number of rotatable bonds is 2. The SMILES string of the molecule is COC(=O)C(O)(Br)c1ccccc1. The summed E-state index contributed by atoms with van der Waals surface area (Å²) in [5.41, 5.74) is 0.446.